The normalized spacial score (nSPS) is 10.9. The molecule has 0 heterocycles. The van der Waals surface area contributed by atoms with Gasteiger partial charge in [-0.1, -0.05) is 182 Å². The van der Waals surface area contributed by atoms with Crippen molar-refractivity contribution in [2.24, 2.45) is 0 Å². The summed E-state index contributed by atoms with van der Waals surface area (Å²) in [7, 11) is -2.00. The summed E-state index contributed by atoms with van der Waals surface area (Å²) in [4.78, 5) is 0. The zero-order valence-electron chi connectivity index (χ0n) is 22.7. The lowest BCUT2D eigenvalue weighted by molar-refractivity contribution is 0.375. The van der Waals surface area contributed by atoms with Gasteiger partial charge in [0.05, 0.1) is 5.31 Å². The first-order chi connectivity index (χ1) is 20.2. The average Bonchev–Trinajstić information content (AvgIpc) is 3.05. The summed E-state index contributed by atoms with van der Waals surface area (Å²) in [6.07, 6.45) is 0. The molecule has 2 nitrogen and oxygen atoms in total. The molecule has 0 unspecified atom stereocenters. The predicted octanol–water partition coefficient (Wildman–Crippen LogP) is 6.48. The maximum absolute atomic E-state index is 10.4. The van der Waals surface area contributed by atoms with E-state index >= 15 is 0 Å². The predicted molar refractivity (Wildman–Crippen MR) is 175 cm³/mol. The topological polar surface area (TPSA) is 40.5 Å². The highest BCUT2D eigenvalue weighted by Crippen LogP contribution is 2.40. The van der Waals surface area contributed by atoms with Gasteiger partial charge in [0.15, 0.2) is 0 Å². The Kier molecular flexibility index (Phi) is 9.57. The zero-order chi connectivity index (χ0) is 28.3. The molecule has 0 saturated heterocycles. The van der Waals surface area contributed by atoms with Crippen LogP contribution in [-0.4, -0.2) is 17.2 Å². The van der Waals surface area contributed by atoms with E-state index in [1.165, 1.54) is 15.9 Å². The van der Waals surface area contributed by atoms with E-state index in [1.54, 1.807) is 0 Å². The lowest BCUT2D eigenvalue weighted by atomic mass is 9.48. The SMILES string of the molecule is OB(O)C(c1ccccc1)(c1ccccc1)c1ccccc1.c1ccc(P(c2ccccc2)c2ccccc2)cc1. The Morgan fingerprint density at radius 1 is 0.341 bits per heavy atom. The van der Waals surface area contributed by atoms with Crippen molar-refractivity contribution in [3.8, 4) is 0 Å². The van der Waals surface area contributed by atoms with Crippen LogP contribution in [0.25, 0.3) is 0 Å². The van der Waals surface area contributed by atoms with Gasteiger partial charge in [0.1, 0.15) is 0 Å². The van der Waals surface area contributed by atoms with E-state index in [0.29, 0.717) is 0 Å². The summed E-state index contributed by atoms with van der Waals surface area (Å²) in [5.74, 6) is 0. The highest BCUT2D eigenvalue weighted by atomic mass is 31.1. The molecule has 2 N–H and O–H groups in total. The highest BCUT2D eigenvalue weighted by Gasteiger charge is 2.46. The fourth-order valence-corrected chi connectivity index (χ4v) is 7.53. The molecular formula is C37H32BO2P. The lowest BCUT2D eigenvalue weighted by Crippen LogP contribution is -2.45. The van der Waals surface area contributed by atoms with E-state index in [4.69, 9.17) is 0 Å². The van der Waals surface area contributed by atoms with E-state index in [0.717, 1.165) is 16.7 Å². The van der Waals surface area contributed by atoms with Gasteiger partial charge < -0.3 is 10.0 Å². The van der Waals surface area contributed by atoms with Crippen LogP contribution < -0.4 is 15.9 Å². The first-order valence-electron chi connectivity index (χ1n) is 13.7. The molecule has 6 aromatic rings. The third kappa shape index (κ3) is 6.40. The first kappa shape index (κ1) is 28.3. The van der Waals surface area contributed by atoms with Gasteiger partial charge in [0, 0.05) is 0 Å². The molecule has 0 bridgehead atoms. The molecular weight excluding hydrogens is 518 g/mol. The average molecular weight is 550 g/mol. The van der Waals surface area contributed by atoms with Crippen LogP contribution in [0.15, 0.2) is 182 Å². The molecule has 0 saturated carbocycles. The van der Waals surface area contributed by atoms with Gasteiger partial charge in [-0.25, -0.2) is 0 Å². The van der Waals surface area contributed by atoms with Crippen molar-refractivity contribution < 1.29 is 10.0 Å². The van der Waals surface area contributed by atoms with E-state index in [9.17, 15) is 10.0 Å². The monoisotopic (exact) mass is 550 g/mol. The third-order valence-corrected chi connectivity index (χ3v) is 9.56. The van der Waals surface area contributed by atoms with Gasteiger partial charge in [-0.15, -0.1) is 0 Å². The number of hydrogen-bond donors (Lipinski definition) is 2. The fraction of sp³-hybridized carbons (Fsp3) is 0.0270. The van der Waals surface area contributed by atoms with Crippen LogP contribution >= 0.6 is 7.92 Å². The van der Waals surface area contributed by atoms with Crippen LogP contribution in [0.1, 0.15) is 16.7 Å². The minimum atomic E-state index is -1.56. The summed E-state index contributed by atoms with van der Waals surface area (Å²) in [5.41, 5.74) is 2.55. The van der Waals surface area contributed by atoms with Crippen LogP contribution in [0.2, 0.25) is 0 Å². The molecule has 0 aliphatic heterocycles. The van der Waals surface area contributed by atoms with Crippen LogP contribution in [-0.2, 0) is 5.31 Å². The van der Waals surface area contributed by atoms with Gasteiger partial charge in [-0.3, -0.25) is 0 Å². The van der Waals surface area contributed by atoms with Crippen molar-refractivity contribution in [3.63, 3.8) is 0 Å². The Bertz CT molecular complexity index is 1390. The van der Waals surface area contributed by atoms with Gasteiger partial charge in [-0.2, -0.15) is 0 Å². The molecule has 6 rings (SSSR count). The molecule has 0 radical (unpaired) electrons. The minimum Gasteiger partial charge on any atom is -0.426 e. The Hall–Kier alpha value is -4.27. The van der Waals surface area contributed by atoms with Gasteiger partial charge in [-0.05, 0) is 40.5 Å². The highest BCUT2D eigenvalue weighted by molar-refractivity contribution is 7.79. The first-order valence-corrected chi connectivity index (χ1v) is 15.0. The maximum Gasteiger partial charge on any atom is 0.472 e. The fourth-order valence-electron chi connectivity index (χ4n) is 5.23. The van der Waals surface area contributed by atoms with Crippen LogP contribution in [0, 0.1) is 0 Å². The molecule has 6 aromatic carbocycles. The van der Waals surface area contributed by atoms with Crippen molar-refractivity contribution >= 4 is 31.0 Å². The number of rotatable bonds is 7. The summed E-state index contributed by atoms with van der Waals surface area (Å²) >= 11 is 0. The summed E-state index contributed by atoms with van der Waals surface area (Å²) in [6, 6.07) is 61.2. The van der Waals surface area contributed by atoms with Crippen LogP contribution in [0.5, 0.6) is 0 Å². The lowest BCUT2D eigenvalue weighted by Gasteiger charge is -2.35. The zero-order valence-corrected chi connectivity index (χ0v) is 23.6. The van der Waals surface area contributed by atoms with E-state index < -0.39 is 20.4 Å². The van der Waals surface area contributed by atoms with E-state index in [-0.39, 0.29) is 0 Å². The molecule has 0 fully saturated rings. The summed E-state index contributed by atoms with van der Waals surface area (Å²) in [5, 5.41) is 23.9. The quantitative estimate of drug-likeness (QED) is 0.136. The van der Waals surface area contributed by atoms with E-state index in [2.05, 4.69) is 91.0 Å². The molecule has 4 heteroatoms. The van der Waals surface area contributed by atoms with Gasteiger partial charge in [0.25, 0.3) is 0 Å². The van der Waals surface area contributed by atoms with Crippen molar-refractivity contribution in [1.82, 2.24) is 0 Å². The van der Waals surface area contributed by atoms with Gasteiger partial charge >= 0.3 is 7.12 Å². The Labute approximate surface area is 244 Å². The molecule has 0 amide bonds. The van der Waals surface area contributed by atoms with Crippen LogP contribution in [0.4, 0.5) is 0 Å². The minimum absolute atomic E-state index is 0.446. The maximum atomic E-state index is 10.4. The molecule has 0 atom stereocenters. The molecule has 200 valence electrons. The smallest absolute Gasteiger partial charge is 0.426 e. The second kappa shape index (κ2) is 13.9. The largest absolute Gasteiger partial charge is 0.472 e. The summed E-state index contributed by atoms with van der Waals surface area (Å²) < 4.78 is 0. The molecule has 41 heavy (non-hydrogen) atoms. The van der Waals surface area contributed by atoms with Crippen molar-refractivity contribution in [2.45, 2.75) is 5.31 Å². The van der Waals surface area contributed by atoms with Gasteiger partial charge in [0.2, 0.25) is 0 Å². The third-order valence-electron chi connectivity index (χ3n) is 7.12. The van der Waals surface area contributed by atoms with Crippen LogP contribution in [0.3, 0.4) is 0 Å². The number of hydrogen-bond acceptors (Lipinski definition) is 2. The molecule has 0 aliphatic rings. The Morgan fingerprint density at radius 3 is 0.780 bits per heavy atom. The second-order valence-corrected chi connectivity index (χ2v) is 11.8. The van der Waals surface area contributed by atoms with Crippen molar-refractivity contribution in [3.05, 3.63) is 199 Å². The molecule has 0 aliphatic carbocycles. The Balaban J connectivity index is 0.000000166. The summed E-state index contributed by atoms with van der Waals surface area (Å²) in [6.45, 7) is 0. The Morgan fingerprint density at radius 2 is 0.561 bits per heavy atom. The molecule has 0 spiro atoms. The van der Waals surface area contributed by atoms with Crippen molar-refractivity contribution in [1.29, 1.82) is 0 Å². The standard InChI is InChI=1S/C19H17BO2.C18H15P/c21-20(22)19(16-10-4-1-5-11-16,17-12-6-2-7-13-17)18-14-8-3-9-15-18;1-4-10-16(11-5-1)19(17-12-6-2-7-13-17)18-14-8-3-9-15-18/h1-15,21-22H;1-15H. The molecule has 0 aromatic heterocycles. The second-order valence-electron chi connectivity index (χ2n) is 9.62. The number of benzene rings is 6. The van der Waals surface area contributed by atoms with Crippen molar-refractivity contribution in [2.75, 3.05) is 0 Å². The van der Waals surface area contributed by atoms with E-state index in [1.807, 2.05) is 91.0 Å².